The summed E-state index contributed by atoms with van der Waals surface area (Å²) in [5.41, 5.74) is 1.57. The SMILES string of the molecule is CCCCCCCCOc1ccc([C@H](N2NC(=O)CC2(C)C)C(F)(F)F)c2ccccc12. The molecule has 1 amide bonds. The zero-order valence-corrected chi connectivity index (χ0v) is 19.1. The maximum Gasteiger partial charge on any atom is 0.409 e. The van der Waals surface area contributed by atoms with Crippen LogP contribution < -0.4 is 10.2 Å². The van der Waals surface area contributed by atoms with Gasteiger partial charge in [-0.3, -0.25) is 10.2 Å². The zero-order valence-electron chi connectivity index (χ0n) is 19.1. The molecule has 2 aromatic carbocycles. The highest BCUT2D eigenvalue weighted by Gasteiger charge is 2.53. The minimum absolute atomic E-state index is 0.0109. The van der Waals surface area contributed by atoms with Crippen molar-refractivity contribution in [2.75, 3.05) is 6.61 Å². The van der Waals surface area contributed by atoms with Crippen molar-refractivity contribution < 1.29 is 22.7 Å². The van der Waals surface area contributed by atoms with Crippen LogP contribution in [0.5, 0.6) is 5.75 Å². The lowest BCUT2D eigenvalue weighted by molar-refractivity contribution is -0.203. The smallest absolute Gasteiger partial charge is 0.409 e. The Balaban J connectivity index is 1.87. The van der Waals surface area contributed by atoms with Gasteiger partial charge in [0, 0.05) is 17.3 Å². The molecule has 176 valence electrons. The summed E-state index contributed by atoms with van der Waals surface area (Å²) in [4.78, 5) is 11.9. The first-order valence-electron chi connectivity index (χ1n) is 11.4. The molecule has 1 fully saturated rings. The monoisotopic (exact) mass is 450 g/mol. The molecule has 32 heavy (non-hydrogen) atoms. The number of hydrogen-bond acceptors (Lipinski definition) is 3. The quantitative estimate of drug-likeness (QED) is 0.410. The first kappa shape index (κ1) is 24.4. The Morgan fingerprint density at radius 1 is 1.03 bits per heavy atom. The normalized spacial score (nSPS) is 17.5. The van der Waals surface area contributed by atoms with Crippen LogP contribution in [0.3, 0.4) is 0 Å². The molecule has 0 aromatic heterocycles. The predicted octanol–water partition coefficient (Wildman–Crippen LogP) is 6.70. The molecule has 1 saturated heterocycles. The second kappa shape index (κ2) is 10.1. The molecule has 1 heterocycles. The molecule has 1 aliphatic rings. The molecular formula is C25H33F3N2O2. The van der Waals surface area contributed by atoms with Crippen LogP contribution >= 0.6 is 0 Å². The summed E-state index contributed by atoms with van der Waals surface area (Å²) in [6, 6.07) is 8.15. The number of benzene rings is 2. The number of rotatable bonds is 10. The van der Waals surface area contributed by atoms with E-state index in [-0.39, 0.29) is 12.0 Å². The molecule has 7 heteroatoms. The highest BCUT2D eigenvalue weighted by Crippen LogP contribution is 2.45. The van der Waals surface area contributed by atoms with Crippen molar-refractivity contribution in [3.8, 4) is 5.75 Å². The first-order chi connectivity index (χ1) is 15.1. The first-order valence-corrected chi connectivity index (χ1v) is 11.4. The van der Waals surface area contributed by atoms with Crippen molar-refractivity contribution in [2.24, 2.45) is 0 Å². The number of carbonyl (C=O) groups excluding carboxylic acids is 1. The number of fused-ring (bicyclic) bond motifs is 1. The summed E-state index contributed by atoms with van der Waals surface area (Å²) in [5.74, 6) is 0.177. The Morgan fingerprint density at radius 2 is 1.69 bits per heavy atom. The van der Waals surface area contributed by atoms with Crippen LogP contribution in [0.15, 0.2) is 36.4 Å². The van der Waals surface area contributed by atoms with Crippen LogP contribution in [0.2, 0.25) is 0 Å². The molecule has 0 saturated carbocycles. The number of halogens is 3. The van der Waals surface area contributed by atoms with E-state index < -0.39 is 23.7 Å². The highest BCUT2D eigenvalue weighted by atomic mass is 19.4. The number of hydrogen-bond donors (Lipinski definition) is 1. The van der Waals surface area contributed by atoms with Gasteiger partial charge in [0.15, 0.2) is 6.04 Å². The third kappa shape index (κ3) is 5.55. The molecule has 0 radical (unpaired) electrons. The van der Waals surface area contributed by atoms with Gasteiger partial charge < -0.3 is 4.74 Å². The predicted molar refractivity (Wildman–Crippen MR) is 120 cm³/mol. The van der Waals surface area contributed by atoms with Gasteiger partial charge in [-0.15, -0.1) is 0 Å². The van der Waals surface area contributed by atoms with Crippen molar-refractivity contribution in [3.63, 3.8) is 0 Å². The van der Waals surface area contributed by atoms with Crippen molar-refractivity contribution in [3.05, 3.63) is 42.0 Å². The summed E-state index contributed by atoms with van der Waals surface area (Å²) >= 11 is 0. The largest absolute Gasteiger partial charge is 0.493 e. The van der Waals surface area contributed by atoms with Gasteiger partial charge in [-0.1, -0.05) is 69.4 Å². The number of unbranched alkanes of at least 4 members (excludes halogenated alkanes) is 5. The Morgan fingerprint density at radius 3 is 2.31 bits per heavy atom. The number of hydrazine groups is 1. The second-order valence-corrected chi connectivity index (χ2v) is 9.15. The third-order valence-electron chi connectivity index (χ3n) is 6.03. The van der Waals surface area contributed by atoms with Crippen molar-refractivity contribution in [1.29, 1.82) is 0 Å². The van der Waals surface area contributed by atoms with Gasteiger partial charge >= 0.3 is 6.18 Å². The van der Waals surface area contributed by atoms with Crippen LogP contribution in [-0.4, -0.2) is 29.2 Å². The van der Waals surface area contributed by atoms with E-state index in [2.05, 4.69) is 12.3 Å². The number of nitrogens with zero attached hydrogens (tertiary/aromatic N) is 1. The van der Waals surface area contributed by atoms with Gasteiger partial charge in [0.2, 0.25) is 5.91 Å². The fourth-order valence-corrected chi connectivity index (χ4v) is 4.40. The fourth-order valence-electron chi connectivity index (χ4n) is 4.40. The average Bonchev–Trinajstić information content (AvgIpc) is 2.99. The van der Waals surface area contributed by atoms with Gasteiger partial charge in [-0.2, -0.15) is 18.2 Å². The Bertz CT molecular complexity index is 927. The second-order valence-electron chi connectivity index (χ2n) is 9.15. The number of ether oxygens (including phenoxy) is 1. The Labute approximate surface area is 188 Å². The van der Waals surface area contributed by atoms with E-state index in [0.29, 0.717) is 23.1 Å². The molecule has 3 rings (SSSR count). The molecule has 0 aliphatic carbocycles. The van der Waals surface area contributed by atoms with Gasteiger partial charge in [-0.05, 0) is 37.3 Å². The van der Waals surface area contributed by atoms with E-state index in [0.717, 1.165) is 17.9 Å². The standard InChI is InChI=1S/C25H33F3N2O2/c1-4-5-6-7-8-11-16-32-21-15-14-20(18-12-9-10-13-19(18)21)23(25(26,27)28)30-24(2,3)17-22(31)29-30/h9-10,12-15,23H,4-8,11,16-17H2,1-3H3,(H,29,31)/t23-/m0/s1. The number of carbonyl (C=O) groups is 1. The molecule has 1 atom stereocenters. The van der Waals surface area contributed by atoms with Crippen LogP contribution in [0.25, 0.3) is 10.8 Å². The number of amides is 1. The van der Waals surface area contributed by atoms with Crippen molar-refractivity contribution in [2.45, 2.75) is 83.5 Å². The Kier molecular flexibility index (Phi) is 7.70. The number of alkyl halides is 3. The third-order valence-corrected chi connectivity index (χ3v) is 6.03. The molecule has 1 aliphatic heterocycles. The van der Waals surface area contributed by atoms with E-state index in [1.165, 1.54) is 31.7 Å². The minimum Gasteiger partial charge on any atom is -0.493 e. The topological polar surface area (TPSA) is 41.6 Å². The lowest BCUT2D eigenvalue weighted by atomic mass is 9.93. The van der Waals surface area contributed by atoms with Crippen molar-refractivity contribution in [1.82, 2.24) is 10.4 Å². The van der Waals surface area contributed by atoms with Crippen LogP contribution in [0.1, 0.15) is 77.3 Å². The van der Waals surface area contributed by atoms with Gasteiger partial charge in [0.05, 0.1) is 6.61 Å². The molecular weight excluding hydrogens is 417 g/mol. The van der Waals surface area contributed by atoms with Crippen LogP contribution in [0.4, 0.5) is 13.2 Å². The Hall–Kier alpha value is -2.28. The van der Waals surface area contributed by atoms with E-state index in [4.69, 9.17) is 4.74 Å². The maximum absolute atomic E-state index is 14.3. The summed E-state index contributed by atoms with van der Waals surface area (Å²) in [6.45, 7) is 6.00. The molecule has 0 spiro atoms. The van der Waals surface area contributed by atoms with E-state index in [1.54, 1.807) is 44.2 Å². The fraction of sp³-hybridized carbons (Fsp3) is 0.560. The van der Waals surface area contributed by atoms with Crippen LogP contribution in [-0.2, 0) is 4.79 Å². The van der Waals surface area contributed by atoms with Gasteiger partial charge in [-0.25, -0.2) is 0 Å². The van der Waals surface area contributed by atoms with Crippen molar-refractivity contribution >= 4 is 16.7 Å². The van der Waals surface area contributed by atoms with E-state index >= 15 is 0 Å². The summed E-state index contributed by atoms with van der Waals surface area (Å²) in [5, 5.41) is 2.18. The summed E-state index contributed by atoms with van der Waals surface area (Å²) < 4.78 is 48.9. The molecule has 1 N–H and O–H groups in total. The van der Waals surface area contributed by atoms with E-state index in [1.807, 2.05) is 0 Å². The average molecular weight is 451 g/mol. The summed E-state index contributed by atoms with van der Waals surface area (Å²) in [6.07, 6.45) is 2.26. The lowest BCUT2D eigenvalue weighted by Crippen LogP contribution is -2.51. The zero-order chi connectivity index (χ0) is 23.4. The molecule has 4 nitrogen and oxygen atoms in total. The van der Waals surface area contributed by atoms with Crippen LogP contribution in [0, 0.1) is 0 Å². The lowest BCUT2D eigenvalue weighted by Gasteiger charge is -2.38. The minimum atomic E-state index is -4.57. The molecule has 2 aromatic rings. The maximum atomic E-state index is 14.3. The molecule has 0 bridgehead atoms. The van der Waals surface area contributed by atoms with E-state index in [9.17, 15) is 18.0 Å². The number of nitrogens with one attached hydrogen (secondary N) is 1. The summed E-state index contributed by atoms with van der Waals surface area (Å²) in [7, 11) is 0. The highest BCUT2D eigenvalue weighted by molar-refractivity contribution is 5.91. The van der Waals surface area contributed by atoms with Gasteiger partial charge in [0.1, 0.15) is 5.75 Å². The van der Waals surface area contributed by atoms with Gasteiger partial charge in [0.25, 0.3) is 0 Å². The molecule has 0 unspecified atom stereocenters.